The third-order valence-corrected chi connectivity index (χ3v) is 3.35. The first-order chi connectivity index (χ1) is 5.68. The van der Waals surface area contributed by atoms with Crippen LogP contribution >= 0.6 is 35.6 Å². The van der Waals surface area contributed by atoms with Crippen LogP contribution in [-0.2, 0) is 0 Å². The van der Waals surface area contributed by atoms with Gasteiger partial charge in [-0.05, 0) is 12.1 Å². The van der Waals surface area contributed by atoms with Gasteiger partial charge in [0.05, 0.1) is 5.02 Å². The van der Waals surface area contributed by atoms with Gasteiger partial charge in [0.15, 0.2) is 0 Å². The Morgan fingerprint density at radius 2 is 2.17 bits per heavy atom. The summed E-state index contributed by atoms with van der Waals surface area (Å²) in [6.07, 6.45) is 0. The van der Waals surface area contributed by atoms with E-state index in [9.17, 15) is 5.11 Å². The number of phenols is 1. The van der Waals surface area contributed by atoms with Crippen molar-refractivity contribution >= 4 is 45.7 Å². The fraction of sp³-hybridized carbons (Fsp3) is 0. The lowest BCUT2D eigenvalue weighted by Crippen LogP contribution is -1.69. The number of benzene rings is 1. The first-order valence-electron chi connectivity index (χ1n) is 3.27. The smallest absolute Gasteiger partial charge is 0.118 e. The van der Waals surface area contributed by atoms with Crippen LogP contribution in [0.4, 0.5) is 0 Å². The summed E-state index contributed by atoms with van der Waals surface area (Å²) in [5.41, 5.74) is 0. The molecule has 1 nitrogen and oxygen atoms in total. The Bertz CT molecular complexity index is 436. The highest BCUT2D eigenvalue weighted by Crippen LogP contribution is 2.36. The van der Waals surface area contributed by atoms with Crippen molar-refractivity contribution in [2.24, 2.45) is 0 Å². The van der Waals surface area contributed by atoms with Crippen LogP contribution in [0.5, 0.6) is 5.75 Å². The molecule has 1 aromatic carbocycles. The van der Waals surface area contributed by atoms with Crippen molar-refractivity contribution in [3.8, 4) is 5.75 Å². The molecular weight excluding hydrogens is 212 g/mol. The first kappa shape index (κ1) is 8.23. The van der Waals surface area contributed by atoms with E-state index in [1.807, 2.05) is 5.38 Å². The van der Waals surface area contributed by atoms with Crippen LogP contribution in [0.2, 0.25) is 5.02 Å². The molecule has 0 amide bonds. The molecule has 0 radical (unpaired) electrons. The highest BCUT2D eigenvalue weighted by molar-refractivity contribution is 7.80. The standard InChI is InChI=1S/C8H5ClOS2/c9-5-1-4(10)2-7-8(5)6(11)3-12-7/h1-3,10-11H. The Morgan fingerprint density at radius 3 is 2.92 bits per heavy atom. The van der Waals surface area contributed by atoms with E-state index in [4.69, 9.17) is 11.6 Å². The molecule has 0 bridgehead atoms. The van der Waals surface area contributed by atoms with Crippen molar-refractivity contribution < 1.29 is 5.11 Å². The number of aromatic hydroxyl groups is 1. The van der Waals surface area contributed by atoms with E-state index in [2.05, 4.69) is 12.6 Å². The van der Waals surface area contributed by atoms with E-state index in [0.717, 1.165) is 15.0 Å². The monoisotopic (exact) mass is 216 g/mol. The van der Waals surface area contributed by atoms with Crippen LogP contribution in [0.1, 0.15) is 0 Å². The minimum absolute atomic E-state index is 0.197. The fourth-order valence-corrected chi connectivity index (χ4v) is 2.88. The number of fused-ring (bicyclic) bond motifs is 1. The van der Waals surface area contributed by atoms with Gasteiger partial charge in [0, 0.05) is 20.4 Å². The molecule has 0 saturated heterocycles. The second-order valence-corrected chi connectivity index (χ2v) is 4.22. The lowest BCUT2D eigenvalue weighted by Gasteiger charge is -1.96. The Morgan fingerprint density at radius 1 is 1.42 bits per heavy atom. The third kappa shape index (κ3) is 1.18. The molecule has 0 aliphatic carbocycles. The average Bonchev–Trinajstić information content (AvgIpc) is 2.31. The molecule has 12 heavy (non-hydrogen) atoms. The topological polar surface area (TPSA) is 20.2 Å². The fourth-order valence-electron chi connectivity index (χ4n) is 1.09. The summed E-state index contributed by atoms with van der Waals surface area (Å²) in [4.78, 5) is 0.861. The molecule has 0 fully saturated rings. The van der Waals surface area contributed by atoms with Crippen molar-refractivity contribution in [2.45, 2.75) is 4.90 Å². The van der Waals surface area contributed by atoms with Gasteiger partial charge >= 0.3 is 0 Å². The van der Waals surface area contributed by atoms with E-state index in [1.54, 1.807) is 6.07 Å². The zero-order valence-corrected chi connectivity index (χ0v) is 8.38. The molecule has 0 aliphatic heterocycles. The summed E-state index contributed by atoms with van der Waals surface area (Å²) < 4.78 is 0.963. The molecule has 1 N–H and O–H groups in total. The van der Waals surface area contributed by atoms with Crippen molar-refractivity contribution in [3.05, 3.63) is 22.5 Å². The van der Waals surface area contributed by atoms with Gasteiger partial charge in [0.1, 0.15) is 5.75 Å². The Kier molecular flexibility index (Phi) is 1.94. The lowest BCUT2D eigenvalue weighted by atomic mass is 10.2. The van der Waals surface area contributed by atoms with Crippen LogP contribution in [0.25, 0.3) is 10.1 Å². The molecule has 62 valence electrons. The SMILES string of the molecule is Oc1cc(Cl)c2c(S)csc2c1. The largest absolute Gasteiger partial charge is 0.508 e. The molecule has 0 saturated carbocycles. The predicted molar refractivity (Wildman–Crippen MR) is 55.8 cm³/mol. The molecule has 0 unspecified atom stereocenters. The molecule has 0 aliphatic rings. The average molecular weight is 217 g/mol. The second kappa shape index (κ2) is 2.83. The van der Waals surface area contributed by atoms with Gasteiger partial charge in [-0.25, -0.2) is 0 Å². The van der Waals surface area contributed by atoms with Gasteiger partial charge in [-0.15, -0.1) is 24.0 Å². The van der Waals surface area contributed by atoms with E-state index in [-0.39, 0.29) is 5.75 Å². The summed E-state index contributed by atoms with van der Waals surface area (Å²) in [5.74, 6) is 0.197. The van der Waals surface area contributed by atoms with Crippen LogP contribution in [0, 0.1) is 0 Å². The Hall–Kier alpha value is -0.380. The van der Waals surface area contributed by atoms with E-state index in [0.29, 0.717) is 5.02 Å². The maximum atomic E-state index is 9.22. The van der Waals surface area contributed by atoms with Gasteiger partial charge in [-0.2, -0.15) is 0 Å². The van der Waals surface area contributed by atoms with Gasteiger partial charge in [-0.3, -0.25) is 0 Å². The van der Waals surface area contributed by atoms with Gasteiger partial charge < -0.3 is 5.11 Å². The molecule has 0 atom stereocenters. The number of phenolic OH excluding ortho intramolecular Hbond substituents is 1. The van der Waals surface area contributed by atoms with E-state index < -0.39 is 0 Å². The van der Waals surface area contributed by atoms with Crippen molar-refractivity contribution in [2.75, 3.05) is 0 Å². The molecule has 1 heterocycles. The maximum Gasteiger partial charge on any atom is 0.118 e. The molecule has 0 spiro atoms. The number of thiol groups is 1. The van der Waals surface area contributed by atoms with E-state index in [1.165, 1.54) is 17.4 Å². The zero-order valence-electron chi connectivity index (χ0n) is 5.91. The minimum Gasteiger partial charge on any atom is -0.508 e. The Balaban J connectivity index is 2.93. The van der Waals surface area contributed by atoms with Gasteiger partial charge in [-0.1, -0.05) is 11.6 Å². The maximum absolute atomic E-state index is 9.22. The molecule has 1 aromatic heterocycles. The van der Waals surface area contributed by atoms with Crippen LogP contribution in [-0.4, -0.2) is 5.11 Å². The highest BCUT2D eigenvalue weighted by atomic mass is 35.5. The number of halogens is 1. The summed E-state index contributed by atoms with van der Waals surface area (Å²) in [7, 11) is 0. The number of thiophene rings is 1. The summed E-state index contributed by atoms with van der Waals surface area (Å²) in [6, 6.07) is 3.21. The first-order valence-corrected chi connectivity index (χ1v) is 4.97. The summed E-state index contributed by atoms with van der Waals surface area (Å²) >= 11 is 11.7. The summed E-state index contributed by atoms with van der Waals surface area (Å²) in [5, 5.41) is 12.6. The third-order valence-electron chi connectivity index (χ3n) is 1.59. The van der Waals surface area contributed by atoms with Crippen LogP contribution in [0.3, 0.4) is 0 Å². The minimum atomic E-state index is 0.197. The zero-order chi connectivity index (χ0) is 8.72. The Labute approximate surface area is 84.0 Å². The second-order valence-electron chi connectivity index (χ2n) is 2.42. The molecule has 2 aromatic rings. The normalized spacial score (nSPS) is 10.8. The number of hydrogen-bond donors (Lipinski definition) is 2. The van der Waals surface area contributed by atoms with Gasteiger partial charge in [0.2, 0.25) is 0 Å². The quantitative estimate of drug-likeness (QED) is 0.646. The molecule has 4 heteroatoms. The van der Waals surface area contributed by atoms with Crippen LogP contribution in [0.15, 0.2) is 22.4 Å². The highest BCUT2D eigenvalue weighted by Gasteiger charge is 2.06. The van der Waals surface area contributed by atoms with Crippen molar-refractivity contribution in [3.63, 3.8) is 0 Å². The predicted octanol–water partition coefficient (Wildman–Crippen LogP) is 3.55. The lowest BCUT2D eigenvalue weighted by molar-refractivity contribution is 0.476. The van der Waals surface area contributed by atoms with Crippen molar-refractivity contribution in [1.82, 2.24) is 0 Å². The molecular formula is C8H5ClOS2. The summed E-state index contributed by atoms with van der Waals surface area (Å²) in [6.45, 7) is 0. The van der Waals surface area contributed by atoms with Crippen LogP contribution < -0.4 is 0 Å². The number of hydrogen-bond acceptors (Lipinski definition) is 3. The van der Waals surface area contributed by atoms with E-state index >= 15 is 0 Å². The van der Waals surface area contributed by atoms with Gasteiger partial charge in [0.25, 0.3) is 0 Å². The molecule has 2 rings (SSSR count). The number of rotatable bonds is 0. The van der Waals surface area contributed by atoms with Crippen molar-refractivity contribution in [1.29, 1.82) is 0 Å².